The van der Waals surface area contributed by atoms with Gasteiger partial charge in [0.1, 0.15) is 5.60 Å². The molecule has 0 spiro atoms. The molecule has 0 aromatic rings. The standard InChI is InChI=1S/C21H28F4O4/c1-13(2)17(27)29-20-9-14-6-15(10-20)8-19(7-14,11-20)12-28-16(26)4-5-21(24,25)18(3,22)23/h14-15H,1,4-12H2,2-3H3. The van der Waals surface area contributed by atoms with Crippen LogP contribution in [0, 0.1) is 17.3 Å². The number of rotatable bonds is 8. The van der Waals surface area contributed by atoms with Crippen molar-refractivity contribution in [2.24, 2.45) is 17.3 Å². The zero-order valence-electron chi connectivity index (χ0n) is 16.9. The Morgan fingerprint density at radius 3 is 2.21 bits per heavy atom. The molecule has 0 N–H and O–H groups in total. The maximum Gasteiger partial charge on any atom is 0.333 e. The SMILES string of the molecule is C=C(C)C(=O)OC12CC3CC(CC(COC(=O)CCC(F)(F)C(C)(F)F)(C3)C1)C2. The summed E-state index contributed by atoms with van der Waals surface area (Å²) in [6, 6.07) is 0. The summed E-state index contributed by atoms with van der Waals surface area (Å²) in [4.78, 5) is 24.1. The van der Waals surface area contributed by atoms with Crippen molar-refractivity contribution in [3.63, 3.8) is 0 Å². The fraction of sp³-hybridized carbons (Fsp3) is 0.810. The normalized spacial score (nSPS) is 33.4. The quantitative estimate of drug-likeness (QED) is 0.313. The summed E-state index contributed by atoms with van der Waals surface area (Å²) < 4.78 is 63.6. The van der Waals surface area contributed by atoms with E-state index in [0.29, 0.717) is 23.8 Å². The van der Waals surface area contributed by atoms with E-state index >= 15 is 0 Å². The van der Waals surface area contributed by atoms with Gasteiger partial charge in [-0.25, -0.2) is 13.6 Å². The zero-order chi connectivity index (χ0) is 21.7. The summed E-state index contributed by atoms with van der Waals surface area (Å²) >= 11 is 0. The molecule has 8 heteroatoms. The third kappa shape index (κ3) is 4.61. The second-order valence-electron chi connectivity index (χ2n) is 9.57. The lowest BCUT2D eigenvalue weighted by Crippen LogP contribution is -2.58. The van der Waals surface area contributed by atoms with Crippen LogP contribution in [0.4, 0.5) is 17.6 Å². The van der Waals surface area contributed by atoms with Crippen LogP contribution in [0.1, 0.15) is 65.2 Å². The molecule has 0 heterocycles. The lowest BCUT2D eigenvalue weighted by Gasteiger charge is -2.60. The molecule has 4 fully saturated rings. The van der Waals surface area contributed by atoms with Gasteiger partial charge in [0.15, 0.2) is 0 Å². The average Bonchev–Trinajstić information content (AvgIpc) is 2.55. The molecule has 4 aliphatic carbocycles. The smallest absolute Gasteiger partial charge is 0.333 e. The molecule has 4 bridgehead atoms. The summed E-state index contributed by atoms with van der Waals surface area (Å²) in [5.74, 6) is -9.06. The van der Waals surface area contributed by atoms with E-state index in [2.05, 4.69) is 6.58 Å². The molecule has 29 heavy (non-hydrogen) atoms. The topological polar surface area (TPSA) is 52.6 Å². The first kappa shape index (κ1) is 22.1. The van der Waals surface area contributed by atoms with Crippen molar-refractivity contribution in [2.75, 3.05) is 6.61 Å². The van der Waals surface area contributed by atoms with Crippen molar-refractivity contribution in [3.05, 3.63) is 12.2 Å². The molecule has 0 aromatic heterocycles. The molecule has 2 unspecified atom stereocenters. The van der Waals surface area contributed by atoms with Crippen LogP contribution in [0.5, 0.6) is 0 Å². The Kier molecular flexibility index (Phi) is 5.54. The monoisotopic (exact) mass is 420 g/mol. The first-order chi connectivity index (χ1) is 13.2. The summed E-state index contributed by atoms with van der Waals surface area (Å²) in [7, 11) is 0. The van der Waals surface area contributed by atoms with Gasteiger partial charge in [-0.05, 0) is 57.3 Å². The highest BCUT2D eigenvalue weighted by Crippen LogP contribution is 2.63. The predicted molar refractivity (Wildman–Crippen MR) is 96.5 cm³/mol. The Labute approximate surface area is 168 Å². The molecule has 0 aromatic carbocycles. The van der Waals surface area contributed by atoms with Gasteiger partial charge >= 0.3 is 23.8 Å². The molecule has 0 saturated heterocycles. The zero-order valence-corrected chi connectivity index (χ0v) is 16.9. The summed E-state index contributed by atoms with van der Waals surface area (Å²) in [6.07, 6.45) is 2.77. The highest BCUT2D eigenvalue weighted by Gasteiger charge is 2.60. The van der Waals surface area contributed by atoms with Crippen LogP contribution in [0.3, 0.4) is 0 Å². The van der Waals surface area contributed by atoms with Crippen molar-refractivity contribution < 1.29 is 36.6 Å². The molecule has 0 radical (unpaired) electrons. The fourth-order valence-corrected chi connectivity index (χ4v) is 5.72. The lowest BCUT2D eigenvalue weighted by molar-refractivity contribution is -0.211. The summed E-state index contributed by atoms with van der Waals surface area (Å²) in [6.45, 7) is 5.40. The van der Waals surface area contributed by atoms with E-state index in [1.807, 2.05) is 0 Å². The number of halogens is 4. The van der Waals surface area contributed by atoms with Crippen molar-refractivity contribution in [3.8, 4) is 0 Å². The first-order valence-electron chi connectivity index (χ1n) is 10.1. The van der Waals surface area contributed by atoms with E-state index in [9.17, 15) is 27.2 Å². The van der Waals surface area contributed by atoms with E-state index in [1.165, 1.54) is 0 Å². The van der Waals surface area contributed by atoms with Crippen LogP contribution >= 0.6 is 0 Å². The van der Waals surface area contributed by atoms with Crippen molar-refractivity contribution in [2.45, 2.75) is 82.7 Å². The summed E-state index contributed by atoms with van der Waals surface area (Å²) in [5.41, 5.74) is -0.620. The van der Waals surface area contributed by atoms with Gasteiger partial charge < -0.3 is 9.47 Å². The Hall–Kier alpha value is -1.60. The van der Waals surface area contributed by atoms with Crippen LogP contribution in [0.2, 0.25) is 0 Å². The van der Waals surface area contributed by atoms with Crippen molar-refractivity contribution >= 4 is 11.9 Å². The molecule has 2 atom stereocenters. The van der Waals surface area contributed by atoms with E-state index in [4.69, 9.17) is 9.47 Å². The minimum atomic E-state index is -4.26. The van der Waals surface area contributed by atoms with E-state index in [1.54, 1.807) is 6.92 Å². The number of alkyl halides is 4. The third-order valence-electron chi connectivity index (χ3n) is 6.61. The van der Waals surface area contributed by atoms with Gasteiger partial charge in [-0.15, -0.1) is 0 Å². The van der Waals surface area contributed by atoms with Crippen molar-refractivity contribution in [1.82, 2.24) is 0 Å². The molecule has 4 nitrogen and oxygen atoms in total. The fourth-order valence-electron chi connectivity index (χ4n) is 5.72. The van der Waals surface area contributed by atoms with Gasteiger partial charge in [-0.2, -0.15) is 8.78 Å². The van der Waals surface area contributed by atoms with Gasteiger partial charge in [0.25, 0.3) is 0 Å². The Morgan fingerprint density at radius 2 is 1.69 bits per heavy atom. The van der Waals surface area contributed by atoms with Gasteiger partial charge in [-0.1, -0.05) is 6.58 Å². The molecule has 4 rings (SSSR count). The van der Waals surface area contributed by atoms with Gasteiger partial charge in [0.05, 0.1) is 13.0 Å². The molecular formula is C21H28F4O4. The number of carbonyl (C=O) groups is 2. The van der Waals surface area contributed by atoms with Gasteiger partial charge in [0, 0.05) is 24.3 Å². The highest BCUT2D eigenvalue weighted by molar-refractivity contribution is 5.87. The largest absolute Gasteiger partial charge is 0.465 e. The second kappa shape index (κ2) is 7.27. The average molecular weight is 420 g/mol. The first-order valence-corrected chi connectivity index (χ1v) is 10.1. The summed E-state index contributed by atoms with van der Waals surface area (Å²) in [5, 5.41) is 0. The highest BCUT2D eigenvalue weighted by atomic mass is 19.3. The van der Waals surface area contributed by atoms with Crippen LogP contribution in [-0.4, -0.2) is 36.0 Å². The number of hydrogen-bond donors (Lipinski definition) is 0. The van der Waals surface area contributed by atoms with E-state index in [-0.39, 0.29) is 18.9 Å². The third-order valence-corrected chi connectivity index (χ3v) is 6.61. The maximum atomic E-state index is 13.4. The Morgan fingerprint density at radius 1 is 1.10 bits per heavy atom. The molecule has 164 valence electrons. The minimum absolute atomic E-state index is 0.0410. The van der Waals surface area contributed by atoms with Crippen LogP contribution in [-0.2, 0) is 19.1 Å². The number of hydrogen-bond acceptors (Lipinski definition) is 4. The number of carbonyl (C=O) groups excluding carboxylic acids is 2. The number of esters is 2. The Balaban J connectivity index is 1.60. The maximum absolute atomic E-state index is 13.4. The molecule has 0 amide bonds. The molecule has 4 aliphatic rings. The van der Waals surface area contributed by atoms with Gasteiger partial charge in [-0.3, -0.25) is 4.79 Å². The van der Waals surface area contributed by atoms with Crippen LogP contribution in [0.15, 0.2) is 12.2 Å². The van der Waals surface area contributed by atoms with Crippen molar-refractivity contribution in [1.29, 1.82) is 0 Å². The number of ether oxygens (including phenoxy) is 2. The minimum Gasteiger partial charge on any atom is -0.465 e. The van der Waals surface area contributed by atoms with Gasteiger partial charge in [0.2, 0.25) is 0 Å². The second-order valence-corrected chi connectivity index (χ2v) is 9.57. The van der Waals surface area contributed by atoms with E-state index < -0.39 is 42.2 Å². The van der Waals surface area contributed by atoms with Crippen LogP contribution < -0.4 is 0 Å². The molecule has 4 saturated carbocycles. The Bertz CT molecular complexity index is 683. The predicted octanol–water partition coefficient (Wildman–Crippen LogP) is 5.06. The lowest BCUT2D eigenvalue weighted by atomic mass is 9.48. The van der Waals surface area contributed by atoms with Crippen LogP contribution in [0.25, 0.3) is 0 Å². The van der Waals surface area contributed by atoms with E-state index in [0.717, 1.165) is 32.1 Å². The molecule has 0 aliphatic heterocycles. The molecular weight excluding hydrogens is 392 g/mol.